The summed E-state index contributed by atoms with van der Waals surface area (Å²) in [7, 11) is 0. The van der Waals surface area contributed by atoms with Gasteiger partial charge in [0.1, 0.15) is 17.5 Å². The number of rotatable bonds is 3. The number of hydrogen-bond donors (Lipinski definition) is 0. The molecule has 3 aromatic rings. The third-order valence-corrected chi connectivity index (χ3v) is 4.47. The van der Waals surface area contributed by atoms with Crippen molar-refractivity contribution in [1.29, 1.82) is 0 Å². The van der Waals surface area contributed by atoms with Crippen molar-refractivity contribution in [2.45, 2.75) is 13.5 Å². The van der Waals surface area contributed by atoms with E-state index in [1.807, 2.05) is 11.8 Å². The molecule has 2 aromatic heterocycles. The maximum Gasteiger partial charge on any atom is 0.242 e. The highest BCUT2D eigenvalue weighted by Crippen LogP contribution is 2.21. The Morgan fingerprint density at radius 3 is 2.85 bits per heavy atom. The van der Waals surface area contributed by atoms with Crippen molar-refractivity contribution in [1.82, 2.24) is 24.5 Å². The Morgan fingerprint density at radius 2 is 2.04 bits per heavy atom. The van der Waals surface area contributed by atoms with E-state index in [1.54, 1.807) is 16.8 Å². The SMILES string of the molecule is Cc1nnc2c(N3CCN(Cc4cc(F)ccc4F)C(=O)C3)nccn12. The summed E-state index contributed by atoms with van der Waals surface area (Å²) >= 11 is 0. The summed E-state index contributed by atoms with van der Waals surface area (Å²) in [6, 6.07) is 3.26. The predicted molar refractivity (Wildman–Crippen MR) is 89.5 cm³/mol. The monoisotopic (exact) mass is 358 g/mol. The maximum absolute atomic E-state index is 13.8. The van der Waals surface area contributed by atoms with Crippen LogP contribution in [0.15, 0.2) is 30.6 Å². The van der Waals surface area contributed by atoms with Crippen molar-refractivity contribution >= 4 is 17.4 Å². The quantitative estimate of drug-likeness (QED) is 0.711. The van der Waals surface area contributed by atoms with Gasteiger partial charge in [-0.1, -0.05) is 0 Å². The molecule has 3 heterocycles. The zero-order chi connectivity index (χ0) is 18.3. The molecular weight excluding hydrogens is 342 g/mol. The number of piperazine rings is 1. The Bertz CT molecular complexity index is 989. The molecule has 1 fully saturated rings. The van der Waals surface area contributed by atoms with Crippen molar-refractivity contribution in [3.63, 3.8) is 0 Å². The molecule has 1 aliphatic rings. The molecular formula is C17H16F2N6O. The second-order valence-corrected chi connectivity index (χ2v) is 6.16. The van der Waals surface area contributed by atoms with Crippen LogP contribution in [0.25, 0.3) is 5.65 Å². The minimum Gasteiger partial charge on any atom is -0.342 e. The molecule has 9 heteroatoms. The molecule has 1 aliphatic heterocycles. The molecule has 0 saturated carbocycles. The average Bonchev–Trinajstić information content (AvgIpc) is 3.01. The highest BCUT2D eigenvalue weighted by molar-refractivity contribution is 5.84. The van der Waals surface area contributed by atoms with Gasteiger partial charge in [0.05, 0.1) is 6.54 Å². The van der Waals surface area contributed by atoms with E-state index in [-0.39, 0.29) is 24.6 Å². The van der Waals surface area contributed by atoms with Gasteiger partial charge in [-0.15, -0.1) is 10.2 Å². The van der Waals surface area contributed by atoms with E-state index in [2.05, 4.69) is 15.2 Å². The minimum absolute atomic E-state index is 0.0396. The van der Waals surface area contributed by atoms with Crippen LogP contribution in [-0.4, -0.2) is 50.0 Å². The molecule has 0 N–H and O–H groups in total. The first-order valence-corrected chi connectivity index (χ1v) is 8.16. The number of nitrogens with zero attached hydrogens (tertiary/aromatic N) is 6. The third-order valence-electron chi connectivity index (χ3n) is 4.47. The molecule has 26 heavy (non-hydrogen) atoms. The molecule has 1 saturated heterocycles. The van der Waals surface area contributed by atoms with Crippen LogP contribution >= 0.6 is 0 Å². The molecule has 134 valence electrons. The maximum atomic E-state index is 13.8. The zero-order valence-corrected chi connectivity index (χ0v) is 14.1. The van der Waals surface area contributed by atoms with Crippen LogP contribution in [0.3, 0.4) is 0 Å². The van der Waals surface area contributed by atoms with Crippen LogP contribution in [0.2, 0.25) is 0 Å². The molecule has 0 radical (unpaired) electrons. The number of aryl methyl sites for hydroxylation is 1. The van der Waals surface area contributed by atoms with E-state index in [0.29, 0.717) is 24.6 Å². The Balaban J connectivity index is 1.53. The number of anilines is 1. The van der Waals surface area contributed by atoms with Crippen molar-refractivity contribution in [2.24, 2.45) is 0 Å². The Labute approximate surface area is 147 Å². The second kappa shape index (κ2) is 6.32. The lowest BCUT2D eigenvalue weighted by atomic mass is 10.1. The van der Waals surface area contributed by atoms with Crippen molar-refractivity contribution in [3.8, 4) is 0 Å². The number of amides is 1. The van der Waals surface area contributed by atoms with Gasteiger partial charge in [-0.2, -0.15) is 0 Å². The molecule has 1 amide bonds. The summed E-state index contributed by atoms with van der Waals surface area (Å²) in [5.74, 6) is 0.0886. The largest absolute Gasteiger partial charge is 0.342 e. The molecule has 7 nitrogen and oxygen atoms in total. The number of benzene rings is 1. The van der Waals surface area contributed by atoms with Crippen LogP contribution in [-0.2, 0) is 11.3 Å². The molecule has 1 aromatic carbocycles. The Morgan fingerprint density at radius 1 is 1.19 bits per heavy atom. The van der Waals surface area contributed by atoms with Crippen LogP contribution in [0.1, 0.15) is 11.4 Å². The molecule has 4 rings (SSSR count). The average molecular weight is 358 g/mol. The smallest absolute Gasteiger partial charge is 0.242 e. The highest BCUT2D eigenvalue weighted by Gasteiger charge is 2.27. The molecule has 0 unspecified atom stereocenters. The zero-order valence-electron chi connectivity index (χ0n) is 14.1. The van der Waals surface area contributed by atoms with Gasteiger partial charge in [-0.05, 0) is 25.1 Å². The number of fused-ring (bicyclic) bond motifs is 1. The van der Waals surface area contributed by atoms with Gasteiger partial charge >= 0.3 is 0 Å². The van der Waals surface area contributed by atoms with Gasteiger partial charge in [0, 0.05) is 37.6 Å². The van der Waals surface area contributed by atoms with Gasteiger partial charge in [0.15, 0.2) is 5.82 Å². The molecule has 0 atom stereocenters. The normalized spacial score (nSPS) is 15.1. The number of aromatic nitrogens is 4. The summed E-state index contributed by atoms with van der Waals surface area (Å²) in [6.07, 6.45) is 3.40. The fourth-order valence-electron chi connectivity index (χ4n) is 3.08. The lowest BCUT2D eigenvalue weighted by Gasteiger charge is -2.35. The third kappa shape index (κ3) is 2.85. The van der Waals surface area contributed by atoms with Crippen molar-refractivity contribution < 1.29 is 13.6 Å². The van der Waals surface area contributed by atoms with E-state index >= 15 is 0 Å². The van der Waals surface area contributed by atoms with Gasteiger partial charge in [-0.25, -0.2) is 13.8 Å². The first kappa shape index (κ1) is 16.4. The van der Waals surface area contributed by atoms with E-state index in [9.17, 15) is 13.6 Å². The predicted octanol–water partition coefficient (Wildman–Crippen LogP) is 1.56. The number of carbonyl (C=O) groups excluding carboxylic acids is 1. The number of carbonyl (C=O) groups is 1. The first-order valence-electron chi connectivity index (χ1n) is 8.16. The summed E-state index contributed by atoms with van der Waals surface area (Å²) < 4.78 is 29.0. The van der Waals surface area contributed by atoms with Crippen LogP contribution in [0.4, 0.5) is 14.6 Å². The number of hydrogen-bond acceptors (Lipinski definition) is 5. The fourth-order valence-corrected chi connectivity index (χ4v) is 3.08. The summed E-state index contributed by atoms with van der Waals surface area (Å²) in [6.45, 7) is 2.86. The number of halogens is 2. The van der Waals surface area contributed by atoms with Gasteiger partial charge < -0.3 is 9.80 Å². The molecule has 0 spiro atoms. The summed E-state index contributed by atoms with van der Waals surface area (Å²) in [4.78, 5) is 20.2. The lowest BCUT2D eigenvalue weighted by molar-refractivity contribution is -0.131. The van der Waals surface area contributed by atoms with E-state index in [4.69, 9.17) is 0 Å². The van der Waals surface area contributed by atoms with Gasteiger partial charge in [0.2, 0.25) is 11.6 Å². The molecule has 0 aliphatic carbocycles. The fraction of sp³-hybridized carbons (Fsp3) is 0.294. The van der Waals surface area contributed by atoms with Gasteiger partial charge in [0.25, 0.3) is 0 Å². The summed E-state index contributed by atoms with van der Waals surface area (Å²) in [5, 5.41) is 8.15. The van der Waals surface area contributed by atoms with Crippen LogP contribution in [0.5, 0.6) is 0 Å². The van der Waals surface area contributed by atoms with Crippen LogP contribution < -0.4 is 4.90 Å². The highest BCUT2D eigenvalue weighted by atomic mass is 19.1. The standard InChI is InChI=1S/C17H16F2N6O/c1-11-21-22-17-16(20-4-5-25(11)17)24-7-6-23(15(26)10-24)9-12-8-13(18)2-3-14(12)19/h2-5,8H,6-7,9-10H2,1H3. The lowest BCUT2D eigenvalue weighted by Crippen LogP contribution is -2.50. The minimum atomic E-state index is -0.523. The Hall–Kier alpha value is -3.10. The van der Waals surface area contributed by atoms with Crippen molar-refractivity contribution in [3.05, 3.63) is 53.6 Å². The van der Waals surface area contributed by atoms with E-state index < -0.39 is 11.6 Å². The topological polar surface area (TPSA) is 66.6 Å². The first-order chi connectivity index (χ1) is 12.5. The van der Waals surface area contributed by atoms with E-state index in [1.165, 1.54) is 4.90 Å². The second-order valence-electron chi connectivity index (χ2n) is 6.16. The van der Waals surface area contributed by atoms with E-state index in [0.717, 1.165) is 24.0 Å². The summed E-state index contributed by atoms with van der Waals surface area (Å²) in [5.41, 5.74) is 0.752. The van der Waals surface area contributed by atoms with Gasteiger partial charge in [-0.3, -0.25) is 9.20 Å². The Kier molecular flexibility index (Phi) is 3.98. The van der Waals surface area contributed by atoms with Crippen LogP contribution in [0, 0.1) is 18.6 Å². The van der Waals surface area contributed by atoms with Crippen molar-refractivity contribution in [2.75, 3.05) is 24.5 Å². The molecule has 0 bridgehead atoms.